The number of benzene rings is 1. The molecule has 0 aliphatic carbocycles. The lowest BCUT2D eigenvalue weighted by molar-refractivity contribution is -0.144. The number of primary amides is 3. The van der Waals surface area contributed by atoms with Gasteiger partial charge < -0.3 is 139 Å². The van der Waals surface area contributed by atoms with Crippen LogP contribution in [-0.2, 0) is 104 Å². The van der Waals surface area contributed by atoms with Crippen LogP contribution in [-0.4, -0.2) is 282 Å². The highest BCUT2D eigenvalue weighted by Gasteiger charge is 2.44. The Morgan fingerprint density at radius 3 is 1.54 bits per heavy atom. The molecule has 2 aliphatic rings. The number of guanidine groups is 1. The third-order valence-electron chi connectivity index (χ3n) is 20.8. The average molecular weight is 1770 g/mol. The van der Waals surface area contributed by atoms with Gasteiger partial charge >= 0.3 is 11.9 Å². The van der Waals surface area contributed by atoms with Crippen LogP contribution >= 0.6 is 0 Å². The Morgan fingerprint density at radius 1 is 0.520 bits per heavy atom. The number of hydrogen-bond donors (Lipinski definition) is 25. The van der Waals surface area contributed by atoms with Gasteiger partial charge in [-0.1, -0.05) is 60.1 Å². The molecule has 1 aromatic heterocycles. The fraction of sp³-hybridized carbons (Fsp3) is 0.628. The van der Waals surface area contributed by atoms with Crippen molar-refractivity contribution in [3.63, 3.8) is 0 Å². The van der Waals surface area contributed by atoms with E-state index in [9.17, 15) is 107 Å². The Balaban J connectivity index is 1.56. The molecular weight excluding hydrogens is 1640 g/mol. The number of carbonyl (C=O) groups excluding carboxylic acids is 17. The maximum Gasteiger partial charge on any atom is 0.326 e. The number of phenolic OH excluding ortho intramolecular Hbond substituents is 1. The minimum absolute atomic E-state index is 0.0197. The van der Waals surface area contributed by atoms with Crippen LogP contribution in [0.25, 0.3) is 0 Å². The number of nitrogens with one attached hydrogen (secondary N) is 15. The smallest absolute Gasteiger partial charge is 0.326 e. The number of unbranched alkanes of at least 4 members (excludes halogenated alkanes) is 1. The van der Waals surface area contributed by atoms with E-state index in [1.807, 2.05) is 0 Å². The van der Waals surface area contributed by atoms with Crippen LogP contribution in [0, 0.1) is 23.2 Å². The number of rotatable bonds is 55. The summed E-state index contributed by atoms with van der Waals surface area (Å²) in [7, 11) is 0. The predicted molar refractivity (Wildman–Crippen MR) is 444 cm³/mol. The van der Waals surface area contributed by atoms with Crippen molar-refractivity contribution in [2.24, 2.45) is 52.2 Å². The van der Waals surface area contributed by atoms with E-state index in [1.54, 1.807) is 41.5 Å². The maximum absolute atomic E-state index is 15.0. The molecule has 0 spiro atoms. The second kappa shape index (κ2) is 52.1. The van der Waals surface area contributed by atoms with E-state index in [2.05, 4.69) is 79.1 Å². The van der Waals surface area contributed by atoms with Crippen molar-refractivity contribution in [2.45, 2.75) is 261 Å². The molecule has 47 nitrogen and oxygen atoms in total. The molecule has 0 radical (unpaired) electrons. The molecule has 31 N–H and O–H groups in total. The number of likely N-dealkylation sites (tertiary alicyclic amines) is 2. The minimum atomic E-state index is -1.99. The molecule has 2 fully saturated rings. The molecule has 0 bridgehead atoms. The number of hydrogen-bond acceptors (Lipinski definition) is 25. The Bertz CT molecular complexity index is 4100. The molecule has 0 unspecified atom stereocenters. The summed E-state index contributed by atoms with van der Waals surface area (Å²) >= 11 is 0. The van der Waals surface area contributed by atoms with Crippen LogP contribution in [0.1, 0.15) is 169 Å². The number of carboxylic acid groups (broad SMARTS) is 2. The highest BCUT2D eigenvalue weighted by Crippen LogP contribution is 2.24. The summed E-state index contributed by atoms with van der Waals surface area (Å²) in [6.07, 6.45) is -0.826. The zero-order valence-electron chi connectivity index (χ0n) is 71.2. The topological polar surface area (TPSA) is 777 Å². The van der Waals surface area contributed by atoms with Crippen molar-refractivity contribution in [3.05, 3.63) is 48.0 Å². The quantitative estimate of drug-likeness (QED) is 0.0166. The minimum Gasteiger partial charge on any atom is -0.508 e. The summed E-state index contributed by atoms with van der Waals surface area (Å²) in [4.78, 5) is 269. The summed E-state index contributed by atoms with van der Waals surface area (Å²) in [6.45, 7) is 9.94. The zero-order valence-corrected chi connectivity index (χ0v) is 71.2. The van der Waals surface area contributed by atoms with E-state index in [-0.39, 0.29) is 121 Å². The number of carboxylic acids is 2. The number of aromatic amines is 1. The first kappa shape index (κ1) is 105. The van der Waals surface area contributed by atoms with E-state index in [0.717, 1.165) is 9.80 Å². The molecule has 1 aromatic carbocycles. The van der Waals surface area contributed by atoms with Gasteiger partial charge in [-0.05, 0) is 126 Å². The molecule has 694 valence electrons. The SMILES string of the molecule is CC[C@H](C)[C@H](NC(=O)[C@H](CC(C)C)NC(=O)[C@H](CO)NC(=O)[C@H](Cc1ccc(O)cc1)NC(=O)[C@@H](NC(=O)[C@@H](N)CCC(N)=O)C(C)C)C(=O)N[C@@H](CCCNC(=N)N)C(=O)N1CCC[C@H]1C(=O)N[C@@H](CC(N)=O)C(=O)N[C@@H](CCC(=O)O)C(=O)N[C@@H](CC(N)=O)C(=O)N1CCC[C@H]1C(=O)N[C@@H](C)C(=O)N[C@@H](Cc1cnc[nH]1)C(=O)N[C@@H](CCCCN)C(=O)O. The number of aliphatic hydroxyl groups is 1. The second-order valence-electron chi connectivity index (χ2n) is 31.7. The van der Waals surface area contributed by atoms with Gasteiger partial charge in [-0.2, -0.15) is 0 Å². The van der Waals surface area contributed by atoms with Gasteiger partial charge in [-0.25, -0.2) is 9.78 Å². The molecule has 47 heteroatoms. The van der Waals surface area contributed by atoms with Crippen molar-refractivity contribution in [3.8, 4) is 5.75 Å². The normalized spacial score (nSPS) is 17.0. The van der Waals surface area contributed by atoms with Crippen LogP contribution in [0.3, 0.4) is 0 Å². The third-order valence-corrected chi connectivity index (χ3v) is 20.8. The maximum atomic E-state index is 15.0. The summed E-state index contributed by atoms with van der Waals surface area (Å²) in [5.74, 6) is -22.4. The molecule has 3 heterocycles. The number of imidazole rings is 1. The van der Waals surface area contributed by atoms with E-state index in [1.165, 1.54) is 43.7 Å². The number of H-pyrrole nitrogens is 1. The fourth-order valence-corrected chi connectivity index (χ4v) is 13.7. The van der Waals surface area contributed by atoms with Gasteiger partial charge in [0, 0.05) is 57.2 Å². The fourth-order valence-electron chi connectivity index (χ4n) is 13.7. The van der Waals surface area contributed by atoms with Crippen LogP contribution < -0.4 is 104 Å². The van der Waals surface area contributed by atoms with Crippen molar-refractivity contribution < 1.29 is 112 Å². The molecule has 0 saturated carbocycles. The molecule has 16 atom stereocenters. The number of aromatic nitrogens is 2. The van der Waals surface area contributed by atoms with Gasteiger partial charge in [0.25, 0.3) is 0 Å². The Labute approximate surface area is 721 Å². The number of amides is 17. The Morgan fingerprint density at radius 2 is 1.01 bits per heavy atom. The number of carbonyl (C=O) groups is 19. The molecule has 125 heavy (non-hydrogen) atoms. The number of nitrogens with two attached hydrogens (primary N) is 6. The average Bonchev–Trinajstić information content (AvgIpc) is 1.70. The molecule has 17 amide bonds. The van der Waals surface area contributed by atoms with E-state index in [4.69, 9.17) is 39.8 Å². The number of aliphatic hydroxyl groups excluding tert-OH is 1. The molecule has 2 saturated heterocycles. The first-order valence-electron chi connectivity index (χ1n) is 41.3. The van der Waals surface area contributed by atoms with E-state index >= 15 is 4.79 Å². The molecule has 2 aromatic rings. The summed E-state index contributed by atoms with van der Waals surface area (Å²) < 4.78 is 0. The standard InChI is InChI=1S/C78H124N24O23/c1-8-40(6)62(100-69(116)49(30-38(2)3)94-70(117)54(36-103)98-66(113)50(31-42-18-20-44(104)21-19-42)96-73(120)61(39(4)5)99-64(111)45(80)22-24-57(81)105)74(121)91-47(15-11-27-87-78(84)85)75(122)101-28-13-17-56(101)72(119)95-52(33-58(82)106)68(115)90-46(23-25-60(108)109)65(112)97-53(34-59(83)107)76(123)102-29-12-16-55(102)71(118)89-41(7)63(110)93-51(32-43-35-86-37-88-43)67(114)92-48(77(124)125)14-9-10-26-79/h18-21,35,37-41,45-56,61-62,103-104H,8-17,22-34,36,79-80H2,1-7H3,(H2,81,105)(H2,82,106)(H2,83,107)(H,86,88)(H,89,118)(H,90,115)(H,91,121)(H,92,114)(H,93,110)(H,94,117)(H,95,119)(H,96,120)(H,97,112)(H,98,113)(H,99,111)(H,100,116)(H,108,109)(H,124,125)(H4,84,85,87)/t40-,41-,45-,46-,47-,48-,49-,50-,51-,52-,53-,54-,55-,56-,61-,62-/m0/s1. The van der Waals surface area contributed by atoms with Gasteiger partial charge in [0.1, 0.15) is 90.3 Å². The largest absolute Gasteiger partial charge is 0.508 e. The van der Waals surface area contributed by atoms with E-state index in [0.29, 0.717) is 24.1 Å². The van der Waals surface area contributed by atoms with Crippen molar-refractivity contribution in [2.75, 3.05) is 32.8 Å². The van der Waals surface area contributed by atoms with Crippen LogP contribution in [0.5, 0.6) is 5.75 Å². The number of phenols is 1. The third kappa shape index (κ3) is 35.2. The second-order valence-corrected chi connectivity index (χ2v) is 31.7. The summed E-state index contributed by atoms with van der Waals surface area (Å²) in [5.41, 5.74) is 34.2. The lowest BCUT2D eigenvalue weighted by Crippen LogP contribution is -2.62. The highest BCUT2D eigenvalue weighted by molar-refractivity contribution is 6.02. The van der Waals surface area contributed by atoms with Crippen LogP contribution in [0.4, 0.5) is 0 Å². The number of aromatic hydroxyl groups is 1. The lowest BCUT2D eigenvalue weighted by Gasteiger charge is -2.32. The van der Waals surface area contributed by atoms with Crippen molar-refractivity contribution in [1.29, 1.82) is 5.41 Å². The van der Waals surface area contributed by atoms with Gasteiger partial charge in [0.2, 0.25) is 100 Å². The summed E-state index contributed by atoms with van der Waals surface area (Å²) in [6, 6.07) is -17.8. The predicted octanol–water partition coefficient (Wildman–Crippen LogP) is -7.85. The van der Waals surface area contributed by atoms with Crippen molar-refractivity contribution in [1.82, 2.24) is 88.9 Å². The van der Waals surface area contributed by atoms with Crippen LogP contribution in [0.2, 0.25) is 0 Å². The number of aliphatic carboxylic acids is 2. The molecule has 4 rings (SSSR count). The Kier molecular flexibility index (Phi) is 43.6. The summed E-state index contributed by atoms with van der Waals surface area (Å²) in [5, 5.41) is 80.3. The van der Waals surface area contributed by atoms with Gasteiger partial charge in [0.15, 0.2) is 5.96 Å². The zero-order chi connectivity index (χ0) is 93.6. The van der Waals surface area contributed by atoms with Gasteiger partial charge in [-0.15, -0.1) is 0 Å². The molecule has 2 aliphatic heterocycles. The molecular formula is C78H124N24O23. The Hall–Kier alpha value is -12.7. The van der Waals surface area contributed by atoms with Gasteiger partial charge in [0.05, 0.1) is 31.8 Å². The monoisotopic (exact) mass is 1760 g/mol. The first-order valence-corrected chi connectivity index (χ1v) is 41.3. The van der Waals surface area contributed by atoms with Crippen LogP contribution in [0.15, 0.2) is 36.8 Å². The first-order chi connectivity index (χ1) is 58.9. The highest BCUT2D eigenvalue weighted by atomic mass is 16.4. The van der Waals surface area contributed by atoms with Gasteiger partial charge in [-0.3, -0.25) is 91.7 Å². The number of nitrogens with zero attached hydrogens (tertiary/aromatic N) is 3. The van der Waals surface area contributed by atoms with E-state index < -0.39 is 253 Å². The van der Waals surface area contributed by atoms with Crippen molar-refractivity contribution >= 4 is 118 Å². The lowest BCUT2D eigenvalue weighted by atomic mass is 9.96.